The summed E-state index contributed by atoms with van der Waals surface area (Å²) in [6, 6.07) is 0. The van der Waals surface area contributed by atoms with Crippen LogP contribution < -0.4 is 10.6 Å². The summed E-state index contributed by atoms with van der Waals surface area (Å²) in [5, 5.41) is 14.6. The van der Waals surface area contributed by atoms with Gasteiger partial charge in [-0.15, -0.1) is 34.2 Å². The van der Waals surface area contributed by atoms with Crippen LogP contribution in [0, 0.1) is 5.92 Å². The molecule has 0 radical (unpaired) electrons. The minimum Gasteiger partial charge on any atom is -0.357 e. The molecule has 1 aliphatic rings. The van der Waals surface area contributed by atoms with Crippen molar-refractivity contribution in [2.24, 2.45) is 10.9 Å². The molecule has 0 atom stereocenters. The van der Waals surface area contributed by atoms with Crippen LogP contribution in [-0.4, -0.2) is 72.4 Å². The summed E-state index contributed by atoms with van der Waals surface area (Å²) in [5.41, 5.74) is 0. The van der Waals surface area contributed by atoms with Crippen LogP contribution in [0.15, 0.2) is 11.3 Å². The van der Waals surface area contributed by atoms with Crippen molar-refractivity contribution in [2.75, 3.05) is 39.0 Å². The van der Waals surface area contributed by atoms with Crippen molar-refractivity contribution < 1.29 is 8.42 Å². The van der Waals surface area contributed by atoms with Gasteiger partial charge in [0, 0.05) is 45.7 Å². The quantitative estimate of drug-likeness (QED) is 0.301. The van der Waals surface area contributed by atoms with E-state index in [-0.39, 0.29) is 24.0 Å². The van der Waals surface area contributed by atoms with Crippen LogP contribution in [-0.2, 0) is 23.0 Å². The molecule has 2 heterocycles. The highest BCUT2D eigenvalue weighted by Gasteiger charge is 2.24. The lowest BCUT2D eigenvalue weighted by Crippen LogP contribution is -2.40. The highest BCUT2D eigenvalue weighted by molar-refractivity contribution is 14.0. The number of aryl methyl sites for hydroxylation is 1. The highest BCUT2D eigenvalue weighted by atomic mass is 127. The molecule has 0 amide bonds. The first kappa shape index (κ1) is 24.1. The number of aromatic nitrogens is 3. The molecule has 0 saturated carbocycles. The van der Waals surface area contributed by atoms with Crippen molar-refractivity contribution in [3.8, 4) is 0 Å². The van der Waals surface area contributed by atoms with Crippen LogP contribution in [0.3, 0.4) is 0 Å². The van der Waals surface area contributed by atoms with E-state index in [0.717, 1.165) is 50.7 Å². The predicted octanol–water partition coefficient (Wildman–Crippen LogP) is 0.685. The van der Waals surface area contributed by atoms with Gasteiger partial charge in [-0.05, 0) is 25.7 Å². The fraction of sp³-hybridized carbons (Fsp3) is 0.812. The van der Waals surface area contributed by atoms with E-state index >= 15 is 0 Å². The maximum absolute atomic E-state index is 11.6. The molecule has 1 aliphatic heterocycles. The lowest BCUT2D eigenvalue weighted by molar-refractivity contribution is 0.280. The topological polar surface area (TPSA) is 105 Å². The number of nitrogens with zero attached hydrogens (tertiary/aromatic N) is 5. The van der Waals surface area contributed by atoms with Crippen molar-refractivity contribution in [1.29, 1.82) is 0 Å². The number of halogens is 1. The molecular weight excluding hydrogens is 481 g/mol. The van der Waals surface area contributed by atoms with Crippen molar-refractivity contribution in [1.82, 2.24) is 29.7 Å². The van der Waals surface area contributed by atoms with Crippen LogP contribution in [0.25, 0.3) is 0 Å². The summed E-state index contributed by atoms with van der Waals surface area (Å²) in [6.45, 7) is 8.32. The zero-order chi connectivity index (χ0) is 19.0. The van der Waals surface area contributed by atoms with Gasteiger partial charge in [-0.2, -0.15) is 0 Å². The molecule has 1 aromatic rings. The molecule has 2 N–H and O–H groups in total. The second-order valence-corrected chi connectivity index (χ2v) is 8.53. The average molecular weight is 513 g/mol. The molecule has 0 aromatic carbocycles. The minimum atomic E-state index is -3.07. The molecule has 0 bridgehead atoms. The Hall–Kier alpha value is -0.950. The molecule has 27 heavy (non-hydrogen) atoms. The maximum atomic E-state index is 11.6. The van der Waals surface area contributed by atoms with Crippen LogP contribution in [0.4, 0.5) is 0 Å². The molecule has 0 spiro atoms. The molecule has 0 aliphatic carbocycles. The van der Waals surface area contributed by atoms with Gasteiger partial charge >= 0.3 is 0 Å². The number of rotatable bonds is 8. The Morgan fingerprint density at radius 1 is 1.30 bits per heavy atom. The first-order chi connectivity index (χ1) is 12.4. The second kappa shape index (κ2) is 11.8. The Kier molecular flexibility index (Phi) is 10.5. The van der Waals surface area contributed by atoms with Gasteiger partial charge in [0.2, 0.25) is 10.0 Å². The fourth-order valence-electron chi connectivity index (χ4n) is 3.02. The van der Waals surface area contributed by atoms with E-state index in [2.05, 4.69) is 32.7 Å². The molecule has 9 nitrogen and oxygen atoms in total. The van der Waals surface area contributed by atoms with Crippen molar-refractivity contribution in [3.05, 3.63) is 12.2 Å². The highest BCUT2D eigenvalue weighted by Crippen LogP contribution is 2.19. The lowest BCUT2D eigenvalue weighted by atomic mass is 9.98. The molecular formula is C16H32IN7O2S. The monoisotopic (exact) mass is 513 g/mol. The smallest absolute Gasteiger partial charge is 0.211 e. The van der Waals surface area contributed by atoms with Crippen LogP contribution in [0.5, 0.6) is 0 Å². The van der Waals surface area contributed by atoms with Gasteiger partial charge in [0.05, 0.1) is 6.26 Å². The third-order valence-electron chi connectivity index (χ3n) is 4.55. The molecule has 1 aromatic heterocycles. The van der Waals surface area contributed by atoms with Crippen molar-refractivity contribution in [2.45, 2.75) is 39.7 Å². The molecule has 1 fully saturated rings. The van der Waals surface area contributed by atoms with Crippen molar-refractivity contribution >= 4 is 40.0 Å². The number of hydrogen-bond donors (Lipinski definition) is 2. The van der Waals surface area contributed by atoms with Gasteiger partial charge in [-0.1, -0.05) is 6.92 Å². The molecule has 1 saturated heterocycles. The molecule has 11 heteroatoms. The Balaban J connectivity index is 0.00000364. The van der Waals surface area contributed by atoms with Gasteiger partial charge in [0.15, 0.2) is 5.96 Å². The Morgan fingerprint density at radius 2 is 2.00 bits per heavy atom. The fourth-order valence-corrected chi connectivity index (χ4v) is 3.89. The van der Waals surface area contributed by atoms with E-state index in [1.165, 1.54) is 6.26 Å². The molecule has 156 valence electrons. The van der Waals surface area contributed by atoms with E-state index < -0.39 is 10.0 Å². The normalized spacial score (nSPS) is 16.8. The van der Waals surface area contributed by atoms with Crippen molar-refractivity contribution in [3.63, 3.8) is 0 Å². The first-order valence-electron chi connectivity index (χ1n) is 9.28. The number of guanidine groups is 1. The molecule has 0 unspecified atom stereocenters. The SMILES string of the molecule is CCNC(=NCC1CCN(S(C)(=O)=O)CC1)NCCn1cnnc1CC.I. The first-order valence-corrected chi connectivity index (χ1v) is 11.1. The average Bonchev–Trinajstić information content (AvgIpc) is 3.07. The maximum Gasteiger partial charge on any atom is 0.211 e. The standard InChI is InChI=1S/C16H31N7O2S.HI/c1-4-15-21-20-13-22(15)11-8-18-16(17-5-2)19-12-14-6-9-23(10-7-14)26(3,24)25;/h13-14H,4-12H2,1-3H3,(H2,17,18,19);1H. The summed E-state index contributed by atoms with van der Waals surface area (Å²) in [6.07, 6.45) is 5.60. The predicted molar refractivity (Wildman–Crippen MR) is 118 cm³/mol. The second-order valence-electron chi connectivity index (χ2n) is 6.55. The zero-order valence-electron chi connectivity index (χ0n) is 16.4. The summed E-state index contributed by atoms with van der Waals surface area (Å²) in [4.78, 5) is 4.67. The number of nitrogens with one attached hydrogen (secondary N) is 2. The largest absolute Gasteiger partial charge is 0.357 e. The van der Waals surface area contributed by atoms with E-state index in [1.54, 1.807) is 10.6 Å². The Morgan fingerprint density at radius 3 is 2.59 bits per heavy atom. The van der Waals surface area contributed by atoms with E-state index in [4.69, 9.17) is 0 Å². The zero-order valence-corrected chi connectivity index (χ0v) is 19.5. The summed E-state index contributed by atoms with van der Waals surface area (Å²) < 4.78 is 26.7. The van der Waals surface area contributed by atoms with Crippen LogP contribution in [0.1, 0.15) is 32.5 Å². The number of aliphatic imine (C=N–C) groups is 1. The molecule has 2 rings (SSSR count). The van der Waals surface area contributed by atoms with Crippen LogP contribution in [0.2, 0.25) is 0 Å². The Bertz CT molecular complexity index is 685. The van der Waals surface area contributed by atoms with Gasteiger partial charge in [0.1, 0.15) is 12.2 Å². The number of sulfonamides is 1. The van der Waals surface area contributed by atoms with Crippen LogP contribution >= 0.6 is 24.0 Å². The summed E-state index contributed by atoms with van der Waals surface area (Å²) in [5.74, 6) is 2.20. The third kappa shape index (κ3) is 7.90. The minimum absolute atomic E-state index is 0. The summed E-state index contributed by atoms with van der Waals surface area (Å²) in [7, 11) is -3.07. The van der Waals surface area contributed by atoms with E-state index in [9.17, 15) is 8.42 Å². The third-order valence-corrected chi connectivity index (χ3v) is 5.85. The van der Waals surface area contributed by atoms with Gasteiger partial charge < -0.3 is 15.2 Å². The van der Waals surface area contributed by atoms with Gasteiger partial charge in [-0.25, -0.2) is 12.7 Å². The van der Waals surface area contributed by atoms with Gasteiger partial charge in [-0.3, -0.25) is 4.99 Å². The van der Waals surface area contributed by atoms with Gasteiger partial charge in [0.25, 0.3) is 0 Å². The lowest BCUT2D eigenvalue weighted by Gasteiger charge is -2.29. The number of piperidine rings is 1. The van der Waals surface area contributed by atoms with E-state index in [1.807, 2.05) is 11.5 Å². The number of hydrogen-bond acceptors (Lipinski definition) is 5. The summed E-state index contributed by atoms with van der Waals surface area (Å²) >= 11 is 0. The Labute approximate surface area is 179 Å². The van der Waals surface area contributed by atoms with E-state index in [0.29, 0.717) is 25.6 Å².